The standard InChI is InChI=1S/C8H15NO5S/c1-6-4-9(15(13,14)5-6)3-2-7(10)8(11)12/h6-7,10H,2-5H2,1H3,(H,11,12). The van der Waals surface area contributed by atoms with Crippen LogP contribution in [0.3, 0.4) is 0 Å². The average Bonchev–Trinajstić information content (AvgIpc) is 2.34. The van der Waals surface area contributed by atoms with E-state index in [-0.39, 0.29) is 24.6 Å². The van der Waals surface area contributed by atoms with Crippen LogP contribution in [-0.4, -0.2) is 53.9 Å². The van der Waals surface area contributed by atoms with Crippen LogP contribution in [0, 0.1) is 5.92 Å². The van der Waals surface area contributed by atoms with Crippen molar-refractivity contribution >= 4 is 16.0 Å². The maximum atomic E-state index is 11.5. The Kier molecular flexibility index (Phi) is 3.69. The number of carbonyl (C=O) groups is 1. The normalized spacial score (nSPS) is 27.7. The van der Waals surface area contributed by atoms with Gasteiger partial charge in [0.15, 0.2) is 6.10 Å². The van der Waals surface area contributed by atoms with E-state index in [1.165, 1.54) is 4.31 Å². The number of aliphatic carboxylic acids is 1. The van der Waals surface area contributed by atoms with Gasteiger partial charge in [0.2, 0.25) is 10.0 Å². The minimum absolute atomic E-state index is 0.0666. The summed E-state index contributed by atoms with van der Waals surface area (Å²) in [7, 11) is -3.23. The molecule has 0 amide bonds. The third-order valence-electron chi connectivity index (χ3n) is 2.34. The van der Waals surface area contributed by atoms with Gasteiger partial charge in [-0.25, -0.2) is 17.5 Å². The monoisotopic (exact) mass is 237 g/mol. The largest absolute Gasteiger partial charge is 0.479 e. The van der Waals surface area contributed by atoms with Gasteiger partial charge in [-0.05, 0) is 12.3 Å². The number of aliphatic hydroxyl groups is 1. The Bertz CT molecular complexity index is 339. The highest BCUT2D eigenvalue weighted by Crippen LogP contribution is 2.19. The van der Waals surface area contributed by atoms with Gasteiger partial charge in [0.05, 0.1) is 5.75 Å². The SMILES string of the molecule is CC1CN(CCC(O)C(=O)O)S(=O)(=O)C1. The Morgan fingerprint density at radius 2 is 2.20 bits per heavy atom. The highest BCUT2D eigenvalue weighted by Gasteiger charge is 2.33. The van der Waals surface area contributed by atoms with Gasteiger partial charge in [0.1, 0.15) is 0 Å². The van der Waals surface area contributed by atoms with Crippen LogP contribution in [0.2, 0.25) is 0 Å². The Labute approximate surface area is 88.6 Å². The fourth-order valence-electron chi connectivity index (χ4n) is 1.60. The third-order valence-corrected chi connectivity index (χ3v) is 4.45. The molecule has 1 saturated heterocycles. The van der Waals surface area contributed by atoms with Gasteiger partial charge in [0.25, 0.3) is 0 Å². The first-order valence-corrected chi connectivity index (χ1v) is 6.32. The molecule has 15 heavy (non-hydrogen) atoms. The molecule has 0 spiro atoms. The second-order valence-corrected chi connectivity index (χ2v) is 5.90. The lowest BCUT2D eigenvalue weighted by atomic mass is 10.2. The molecule has 0 aromatic carbocycles. The van der Waals surface area contributed by atoms with Gasteiger partial charge in [0, 0.05) is 13.1 Å². The smallest absolute Gasteiger partial charge is 0.332 e. The second kappa shape index (κ2) is 4.46. The van der Waals surface area contributed by atoms with Gasteiger partial charge >= 0.3 is 5.97 Å². The zero-order valence-corrected chi connectivity index (χ0v) is 9.27. The Balaban J connectivity index is 2.50. The number of sulfonamides is 1. The second-order valence-electron chi connectivity index (χ2n) is 3.88. The minimum Gasteiger partial charge on any atom is -0.479 e. The fraction of sp³-hybridized carbons (Fsp3) is 0.875. The van der Waals surface area contributed by atoms with Crippen LogP contribution in [0.1, 0.15) is 13.3 Å². The Hall–Kier alpha value is -0.660. The summed E-state index contributed by atoms with van der Waals surface area (Å²) >= 11 is 0. The molecule has 88 valence electrons. The lowest BCUT2D eigenvalue weighted by Gasteiger charge is -2.15. The molecule has 1 fully saturated rings. The predicted octanol–water partition coefficient (Wildman–Crippen LogP) is -0.896. The Morgan fingerprint density at radius 3 is 2.60 bits per heavy atom. The molecule has 2 unspecified atom stereocenters. The molecule has 1 aliphatic rings. The quantitative estimate of drug-likeness (QED) is 0.661. The summed E-state index contributed by atoms with van der Waals surface area (Å²) < 4.78 is 24.1. The zero-order valence-electron chi connectivity index (χ0n) is 8.46. The first kappa shape index (κ1) is 12.4. The van der Waals surface area contributed by atoms with Crippen molar-refractivity contribution in [3.8, 4) is 0 Å². The van der Waals surface area contributed by atoms with E-state index in [0.717, 1.165) is 0 Å². The van der Waals surface area contributed by atoms with Crippen molar-refractivity contribution in [1.82, 2.24) is 4.31 Å². The van der Waals surface area contributed by atoms with Crippen molar-refractivity contribution in [3.63, 3.8) is 0 Å². The van der Waals surface area contributed by atoms with Crippen molar-refractivity contribution < 1.29 is 23.4 Å². The molecule has 1 aliphatic heterocycles. The van der Waals surface area contributed by atoms with E-state index < -0.39 is 22.1 Å². The van der Waals surface area contributed by atoms with Gasteiger partial charge in [-0.2, -0.15) is 0 Å². The number of nitrogens with zero attached hydrogens (tertiary/aromatic N) is 1. The Morgan fingerprint density at radius 1 is 1.60 bits per heavy atom. The highest BCUT2D eigenvalue weighted by atomic mass is 32.2. The van der Waals surface area contributed by atoms with Crippen LogP contribution in [-0.2, 0) is 14.8 Å². The summed E-state index contributed by atoms with van der Waals surface area (Å²) in [5, 5.41) is 17.4. The third kappa shape index (κ3) is 3.15. The summed E-state index contributed by atoms with van der Waals surface area (Å²) in [4.78, 5) is 10.3. The lowest BCUT2D eigenvalue weighted by molar-refractivity contribution is -0.146. The minimum atomic E-state index is -3.23. The lowest BCUT2D eigenvalue weighted by Crippen LogP contribution is -2.31. The molecule has 7 heteroatoms. The van der Waals surface area contributed by atoms with Crippen LogP contribution in [0.5, 0.6) is 0 Å². The molecule has 0 aromatic heterocycles. The first-order valence-electron chi connectivity index (χ1n) is 4.71. The number of hydrogen-bond acceptors (Lipinski definition) is 4. The maximum Gasteiger partial charge on any atom is 0.332 e. The fourth-order valence-corrected chi connectivity index (χ4v) is 3.50. The van der Waals surface area contributed by atoms with E-state index in [0.29, 0.717) is 6.54 Å². The number of hydrogen-bond donors (Lipinski definition) is 2. The van der Waals surface area contributed by atoms with E-state index in [9.17, 15) is 13.2 Å². The van der Waals surface area contributed by atoms with Crippen molar-refractivity contribution in [2.75, 3.05) is 18.8 Å². The van der Waals surface area contributed by atoms with Gasteiger partial charge < -0.3 is 10.2 Å². The number of carboxylic acids is 1. The number of rotatable bonds is 4. The van der Waals surface area contributed by atoms with Gasteiger partial charge in [-0.3, -0.25) is 0 Å². The van der Waals surface area contributed by atoms with Crippen molar-refractivity contribution in [3.05, 3.63) is 0 Å². The predicted molar refractivity (Wildman–Crippen MR) is 52.8 cm³/mol. The summed E-state index contributed by atoms with van der Waals surface area (Å²) in [6, 6.07) is 0. The zero-order chi connectivity index (χ0) is 11.6. The van der Waals surface area contributed by atoms with Crippen LogP contribution in [0.4, 0.5) is 0 Å². The van der Waals surface area contributed by atoms with Crippen molar-refractivity contribution in [1.29, 1.82) is 0 Å². The molecule has 0 radical (unpaired) electrons. The topological polar surface area (TPSA) is 94.9 Å². The first-order chi connectivity index (χ1) is 6.83. The molecular weight excluding hydrogens is 222 g/mol. The molecule has 6 nitrogen and oxygen atoms in total. The molecule has 2 atom stereocenters. The van der Waals surface area contributed by atoms with Gasteiger partial charge in [-0.15, -0.1) is 0 Å². The molecule has 2 N–H and O–H groups in total. The summed E-state index contributed by atoms with van der Waals surface area (Å²) in [6.07, 6.45) is -1.56. The van der Waals surface area contributed by atoms with Crippen LogP contribution >= 0.6 is 0 Å². The molecule has 0 bridgehead atoms. The van der Waals surface area contributed by atoms with Crippen molar-refractivity contribution in [2.24, 2.45) is 5.92 Å². The van der Waals surface area contributed by atoms with E-state index in [1.54, 1.807) is 0 Å². The molecule has 1 heterocycles. The van der Waals surface area contributed by atoms with Crippen molar-refractivity contribution in [2.45, 2.75) is 19.4 Å². The summed E-state index contributed by atoms with van der Waals surface area (Å²) in [5.41, 5.74) is 0. The molecule has 0 aromatic rings. The van der Waals surface area contributed by atoms with E-state index in [1.807, 2.05) is 6.92 Å². The number of carboxylic acid groups (broad SMARTS) is 1. The molecular formula is C8H15NO5S. The number of aliphatic hydroxyl groups excluding tert-OH is 1. The van der Waals surface area contributed by atoms with Crippen LogP contribution in [0.25, 0.3) is 0 Å². The van der Waals surface area contributed by atoms with Crippen LogP contribution < -0.4 is 0 Å². The highest BCUT2D eigenvalue weighted by molar-refractivity contribution is 7.89. The summed E-state index contributed by atoms with van der Waals surface area (Å²) in [6.45, 7) is 2.31. The average molecular weight is 237 g/mol. The van der Waals surface area contributed by atoms with Gasteiger partial charge in [-0.1, -0.05) is 6.92 Å². The molecule has 0 saturated carbocycles. The van der Waals surface area contributed by atoms with E-state index >= 15 is 0 Å². The van der Waals surface area contributed by atoms with E-state index in [2.05, 4.69) is 0 Å². The summed E-state index contributed by atoms with van der Waals surface area (Å²) in [5.74, 6) is -1.15. The van der Waals surface area contributed by atoms with Crippen LogP contribution in [0.15, 0.2) is 0 Å². The maximum absolute atomic E-state index is 11.5. The van der Waals surface area contributed by atoms with E-state index in [4.69, 9.17) is 10.2 Å². The molecule has 1 rings (SSSR count). The molecule has 0 aliphatic carbocycles.